The molecule has 0 aliphatic carbocycles. The van der Waals surface area contributed by atoms with Gasteiger partial charge in [0.05, 0.1) is 19.0 Å². The number of anilines is 1. The van der Waals surface area contributed by atoms with E-state index in [0.717, 1.165) is 22.7 Å². The second-order valence-corrected chi connectivity index (χ2v) is 5.24. The van der Waals surface area contributed by atoms with E-state index in [-0.39, 0.29) is 0 Å². The lowest BCUT2D eigenvalue weighted by Crippen LogP contribution is -2.04. The van der Waals surface area contributed by atoms with Crippen LogP contribution in [0.4, 0.5) is 5.82 Å². The summed E-state index contributed by atoms with van der Waals surface area (Å²) in [5.74, 6) is 2.10. The van der Waals surface area contributed by atoms with Crippen molar-refractivity contribution in [1.29, 1.82) is 0 Å². The molecule has 0 fully saturated rings. The van der Waals surface area contributed by atoms with Gasteiger partial charge in [-0.3, -0.25) is 5.43 Å². The van der Waals surface area contributed by atoms with Gasteiger partial charge in [-0.05, 0) is 49.7 Å². The molecule has 24 heavy (non-hydrogen) atoms. The SMILES string of the molecule is COc1ccc(/C=N/Nc2cc(-n3nc(C)cc3C)ncn2)cc1. The van der Waals surface area contributed by atoms with Gasteiger partial charge in [-0.1, -0.05) is 0 Å². The van der Waals surface area contributed by atoms with Gasteiger partial charge in [0.15, 0.2) is 11.6 Å². The number of benzene rings is 1. The molecule has 2 heterocycles. The lowest BCUT2D eigenvalue weighted by atomic mass is 10.2. The van der Waals surface area contributed by atoms with Gasteiger partial charge >= 0.3 is 0 Å². The van der Waals surface area contributed by atoms with Crippen LogP contribution < -0.4 is 10.2 Å². The van der Waals surface area contributed by atoms with E-state index in [4.69, 9.17) is 4.74 Å². The van der Waals surface area contributed by atoms with Crippen LogP contribution in [0, 0.1) is 13.8 Å². The maximum absolute atomic E-state index is 5.12. The molecule has 0 unspecified atom stereocenters. The zero-order chi connectivity index (χ0) is 16.9. The quantitative estimate of drug-likeness (QED) is 0.577. The van der Waals surface area contributed by atoms with Gasteiger partial charge in [0.1, 0.15) is 12.1 Å². The molecule has 7 heteroatoms. The minimum absolute atomic E-state index is 0.595. The number of hydrogen-bond acceptors (Lipinski definition) is 6. The molecule has 1 aromatic carbocycles. The number of aryl methyl sites for hydroxylation is 2. The van der Waals surface area contributed by atoms with Gasteiger partial charge < -0.3 is 4.74 Å². The number of nitrogens with one attached hydrogen (secondary N) is 1. The summed E-state index contributed by atoms with van der Waals surface area (Å²) in [5, 5.41) is 8.61. The molecule has 7 nitrogen and oxygen atoms in total. The van der Waals surface area contributed by atoms with Crippen molar-refractivity contribution in [2.75, 3.05) is 12.5 Å². The van der Waals surface area contributed by atoms with Gasteiger partial charge in [-0.25, -0.2) is 14.6 Å². The predicted octanol–water partition coefficient (Wildman–Crippen LogP) is 2.73. The van der Waals surface area contributed by atoms with E-state index in [0.29, 0.717) is 11.6 Å². The first-order valence-electron chi connectivity index (χ1n) is 7.44. The third kappa shape index (κ3) is 3.57. The molecular formula is C17H18N6O. The molecule has 1 N–H and O–H groups in total. The molecule has 0 amide bonds. The van der Waals surface area contributed by atoms with Crippen LogP contribution in [0.15, 0.2) is 47.8 Å². The Kier molecular flexibility index (Phi) is 4.51. The largest absolute Gasteiger partial charge is 0.497 e. The van der Waals surface area contributed by atoms with Gasteiger partial charge in [-0.2, -0.15) is 10.2 Å². The summed E-state index contributed by atoms with van der Waals surface area (Å²) in [5.41, 5.74) is 5.81. The molecule has 0 atom stereocenters. The fraction of sp³-hybridized carbons (Fsp3) is 0.176. The number of rotatable bonds is 5. The normalized spacial score (nSPS) is 11.0. The van der Waals surface area contributed by atoms with E-state index in [2.05, 4.69) is 25.6 Å². The Hall–Kier alpha value is -3.22. The zero-order valence-electron chi connectivity index (χ0n) is 13.8. The van der Waals surface area contributed by atoms with Crippen LogP contribution in [-0.4, -0.2) is 33.1 Å². The second kappa shape index (κ2) is 6.91. The third-order valence-corrected chi connectivity index (χ3v) is 3.39. The van der Waals surface area contributed by atoms with E-state index in [1.165, 1.54) is 6.33 Å². The van der Waals surface area contributed by atoms with Crippen molar-refractivity contribution in [1.82, 2.24) is 19.7 Å². The summed E-state index contributed by atoms with van der Waals surface area (Å²) in [6.07, 6.45) is 3.20. The first-order chi connectivity index (χ1) is 11.7. The molecule has 0 aliphatic heterocycles. The highest BCUT2D eigenvalue weighted by Crippen LogP contribution is 2.13. The molecule has 2 aromatic heterocycles. The number of hydrogen-bond donors (Lipinski definition) is 1. The van der Waals surface area contributed by atoms with Crippen LogP contribution in [0.3, 0.4) is 0 Å². The zero-order valence-corrected chi connectivity index (χ0v) is 13.8. The summed E-state index contributed by atoms with van der Waals surface area (Å²) in [4.78, 5) is 8.42. The van der Waals surface area contributed by atoms with Crippen molar-refractivity contribution < 1.29 is 4.74 Å². The van der Waals surface area contributed by atoms with Gasteiger partial charge in [0, 0.05) is 11.8 Å². The minimum Gasteiger partial charge on any atom is -0.497 e. The Morgan fingerprint density at radius 2 is 1.92 bits per heavy atom. The van der Waals surface area contributed by atoms with Gasteiger partial charge in [0.2, 0.25) is 0 Å². The highest BCUT2D eigenvalue weighted by atomic mass is 16.5. The monoisotopic (exact) mass is 322 g/mol. The Bertz CT molecular complexity index is 854. The van der Waals surface area contributed by atoms with Crippen molar-refractivity contribution in [3.05, 3.63) is 59.7 Å². The third-order valence-electron chi connectivity index (χ3n) is 3.39. The Labute approximate surface area is 140 Å². The van der Waals surface area contributed by atoms with Crippen LogP contribution in [0.25, 0.3) is 5.82 Å². The summed E-state index contributed by atoms with van der Waals surface area (Å²) in [6.45, 7) is 3.93. The van der Waals surface area contributed by atoms with Crippen molar-refractivity contribution in [2.45, 2.75) is 13.8 Å². The Morgan fingerprint density at radius 1 is 1.12 bits per heavy atom. The fourth-order valence-electron chi connectivity index (χ4n) is 2.25. The number of aromatic nitrogens is 4. The maximum atomic E-state index is 5.12. The van der Waals surface area contributed by atoms with Crippen molar-refractivity contribution in [3.63, 3.8) is 0 Å². The number of methoxy groups -OCH3 is 1. The Morgan fingerprint density at radius 3 is 2.58 bits per heavy atom. The molecule has 0 spiro atoms. The predicted molar refractivity (Wildman–Crippen MR) is 92.8 cm³/mol. The number of hydrazone groups is 1. The summed E-state index contributed by atoms with van der Waals surface area (Å²) in [7, 11) is 1.64. The first-order valence-corrected chi connectivity index (χ1v) is 7.44. The molecule has 0 saturated carbocycles. The van der Waals surface area contributed by atoms with Crippen LogP contribution >= 0.6 is 0 Å². The molecule has 0 bridgehead atoms. The van der Waals surface area contributed by atoms with E-state index >= 15 is 0 Å². The summed E-state index contributed by atoms with van der Waals surface area (Å²) in [6, 6.07) is 11.4. The van der Waals surface area contributed by atoms with Crippen molar-refractivity contribution in [3.8, 4) is 11.6 Å². The van der Waals surface area contributed by atoms with Crippen LogP contribution in [0.1, 0.15) is 17.0 Å². The van der Waals surface area contributed by atoms with Crippen LogP contribution in [0.2, 0.25) is 0 Å². The van der Waals surface area contributed by atoms with E-state index < -0.39 is 0 Å². The number of nitrogens with zero attached hydrogens (tertiary/aromatic N) is 5. The highest BCUT2D eigenvalue weighted by Gasteiger charge is 2.06. The van der Waals surface area contributed by atoms with Crippen LogP contribution in [-0.2, 0) is 0 Å². The maximum Gasteiger partial charge on any atom is 0.159 e. The first kappa shape index (κ1) is 15.7. The minimum atomic E-state index is 0.595. The molecular weight excluding hydrogens is 304 g/mol. The Balaban J connectivity index is 1.72. The van der Waals surface area contributed by atoms with E-state index in [1.54, 1.807) is 24.1 Å². The average Bonchev–Trinajstić information content (AvgIpc) is 2.94. The average molecular weight is 322 g/mol. The number of ether oxygens (including phenoxy) is 1. The molecule has 0 aliphatic rings. The molecule has 0 radical (unpaired) electrons. The second-order valence-electron chi connectivity index (χ2n) is 5.24. The lowest BCUT2D eigenvalue weighted by Gasteiger charge is -2.05. The van der Waals surface area contributed by atoms with E-state index in [1.807, 2.05) is 44.2 Å². The van der Waals surface area contributed by atoms with Crippen LogP contribution in [0.5, 0.6) is 5.75 Å². The van der Waals surface area contributed by atoms with Gasteiger partial charge in [0.25, 0.3) is 0 Å². The topological polar surface area (TPSA) is 77.2 Å². The molecule has 0 saturated heterocycles. The smallest absolute Gasteiger partial charge is 0.159 e. The standard InChI is InChI=1S/C17H18N6O/c1-12-8-13(2)23(22-12)17-9-16(18-11-19-17)21-20-10-14-4-6-15(24-3)7-5-14/h4-11H,1-3H3,(H,18,19,21)/b20-10+. The molecule has 3 rings (SSSR count). The van der Waals surface area contributed by atoms with Crippen molar-refractivity contribution >= 4 is 12.0 Å². The highest BCUT2D eigenvalue weighted by molar-refractivity contribution is 5.80. The fourth-order valence-corrected chi connectivity index (χ4v) is 2.25. The van der Waals surface area contributed by atoms with E-state index in [9.17, 15) is 0 Å². The molecule has 3 aromatic rings. The summed E-state index contributed by atoms with van der Waals surface area (Å²) >= 11 is 0. The molecule has 122 valence electrons. The lowest BCUT2D eigenvalue weighted by molar-refractivity contribution is 0.415. The summed E-state index contributed by atoms with van der Waals surface area (Å²) < 4.78 is 6.90. The van der Waals surface area contributed by atoms with Gasteiger partial charge in [-0.15, -0.1) is 0 Å². The van der Waals surface area contributed by atoms with Crippen molar-refractivity contribution in [2.24, 2.45) is 5.10 Å².